The van der Waals surface area contributed by atoms with Gasteiger partial charge in [0, 0.05) is 22.5 Å². The fourth-order valence-corrected chi connectivity index (χ4v) is 10.1. The first kappa shape index (κ1) is 34.3. The van der Waals surface area contributed by atoms with E-state index < -0.39 is 5.41 Å². The molecular formula is C57H39N3. The zero-order chi connectivity index (χ0) is 39.6. The maximum atomic E-state index is 5.31. The van der Waals surface area contributed by atoms with Crippen molar-refractivity contribution in [2.45, 2.75) is 11.6 Å². The molecule has 9 aromatic carbocycles. The van der Waals surface area contributed by atoms with Crippen LogP contribution in [0.4, 0.5) is 22.7 Å². The number of hydrogen-bond donors (Lipinski definition) is 1. The van der Waals surface area contributed by atoms with E-state index >= 15 is 0 Å². The molecular weight excluding hydrogens is 727 g/mol. The Balaban J connectivity index is 0.978. The highest BCUT2D eigenvalue weighted by Crippen LogP contribution is 2.63. The van der Waals surface area contributed by atoms with Crippen molar-refractivity contribution in [3.63, 3.8) is 0 Å². The number of fused-ring (bicyclic) bond motifs is 10. The average Bonchev–Trinajstić information content (AvgIpc) is 3.62. The van der Waals surface area contributed by atoms with Crippen LogP contribution in [0.2, 0.25) is 0 Å². The van der Waals surface area contributed by atoms with E-state index in [9.17, 15) is 0 Å². The summed E-state index contributed by atoms with van der Waals surface area (Å²) in [6.45, 7) is 0. The van der Waals surface area contributed by atoms with Crippen molar-refractivity contribution in [1.29, 1.82) is 0 Å². The number of nitrogens with zero attached hydrogens (tertiary/aromatic N) is 2. The molecule has 12 rings (SSSR count). The van der Waals surface area contributed by atoms with Crippen molar-refractivity contribution in [1.82, 2.24) is 0 Å². The lowest BCUT2D eigenvalue weighted by Crippen LogP contribution is -2.36. The summed E-state index contributed by atoms with van der Waals surface area (Å²) >= 11 is 0. The fraction of sp³-hybridized carbons (Fsp3) is 0.0351. The van der Waals surface area contributed by atoms with Crippen LogP contribution in [0.1, 0.15) is 45.1 Å². The standard InChI is InChI=1S/C57H39N3/c1-3-17-38(18-4-1)55-47-26-8-12-30-52(47)58-56(59-55)43-22-16-21-41(36-43)39-19-15-20-40(35-39)42-33-34-46-45-25-7-9-27-48(45)57(51(46)37-42)49-28-10-13-31-53(49)60(44-23-5-2-6-24-44)54-32-14-11-29-50(54)57/h1-37,56,58H. The Kier molecular flexibility index (Phi) is 7.82. The highest BCUT2D eigenvalue weighted by atomic mass is 15.2. The van der Waals surface area contributed by atoms with Gasteiger partial charge in [-0.3, -0.25) is 4.99 Å². The van der Waals surface area contributed by atoms with Gasteiger partial charge >= 0.3 is 0 Å². The first-order valence-electron chi connectivity index (χ1n) is 20.7. The Bertz CT molecular complexity index is 3100. The molecule has 2 aliphatic heterocycles. The van der Waals surface area contributed by atoms with E-state index in [2.05, 4.69) is 235 Å². The van der Waals surface area contributed by atoms with Crippen molar-refractivity contribution in [2.75, 3.05) is 10.2 Å². The van der Waals surface area contributed by atoms with Crippen LogP contribution in [0.5, 0.6) is 0 Å². The maximum Gasteiger partial charge on any atom is 0.145 e. The molecule has 0 saturated heterocycles. The minimum Gasteiger partial charge on any atom is -0.360 e. The summed E-state index contributed by atoms with van der Waals surface area (Å²) in [5, 5.41) is 3.72. The lowest BCUT2D eigenvalue weighted by atomic mass is 9.64. The molecule has 0 bridgehead atoms. The molecule has 9 aromatic rings. The second kappa shape index (κ2) is 13.7. The second-order valence-corrected chi connectivity index (χ2v) is 15.9. The number of para-hydroxylation sites is 4. The van der Waals surface area contributed by atoms with E-state index in [0.29, 0.717) is 0 Å². The molecule has 60 heavy (non-hydrogen) atoms. The summed E-state index contributed by atoms with van der Waals surface area (Å²) in [6.07, 6.45) is -0.216. The van der Waals surface area contributed by atoms with Crippen LogP contribution in [0.15, 0.2) is 229 Å². The van der Waals surface area contributed by atoms with E-state index in [1.165, 1.54) is 61.4 Å². The van der Waals surface area contributed by atoms with Gasteiger partial charge in [0.1, 0.15) is 6.17 Å². The van der Waals surface area contributed by atoms with Crippen molar-refractivity contribution >= 4 is 28.5 Å². The minimum absolute atomic E-state index is 0.216. The van der Waals surface area contributed by atoms with E-state index in [4.69, 9.17) is 4.99 Å². The third-order valence-corrected chi connectivity index (χ3v) is 12.7. The van der Waals surface area contributed by atoms with Gasteiger partial charge in [-0.25, -0.2) is 0 Å². The molecule has 1 atom stereocenters. The van der Waals surface area contributed by atoms with Crippen LogP contribution in [-0.2, 0) is 5.41 Å². The van der Waals surface area contributed by atoms with Crippen LogP contribution < -0.4 is 10.2 Å². The molecule has 282 valence electrons. The molecule has 3 nitrogen and oxygen atoms in total. The molecule has 1 aliphatic carbocycles. The quantitative estimate of drug-likeness (QED) is 0.189. The molecule has 0 fully saturated rings. The predicted molar refractivity (Wildman–Crippen MR) is 248 cm³/mol. The zero-order valence-electron chi connectivity index (χ0n) is 32.8. The Hall–Kier alpha value is -7.75. The zero-order valence-corrected chi connectivity index (χ0v) is 32.8. The molecule has 3 aliphatic rings. The summed E-state index contributed by atoms with van der Waals surface area (Å²) in [7, 11) is 0. The first-order chi connectivity index (χ1) is 29.8. The number of anilines is 4. The number of rotatable bonds is 5. The largest absolute Gasteiger partial charge is 0.360 e. The molecule has 2 heterocycles. The number of nitrogens with one attached hydrogen (secondary N) is 1. The van der Waals surface area contributed by atoms with Gasteiger partial charge in [-0.2, -0.15) is 0 Å². The predicted octanol–water partition coefficient (Wildman–Crippen LogP) is 14.1. The second-order valence-electron chi connectivity index (χ2n) is 15.9. The molecule has 1 unspecified atom stereocenters. The molecule has 0 radical (unpaired) electrons. The van der Waals surface area contributed by atoms with Gasteiger partial charge in [0.25, 0.3) is 0 Å². The Morgan fingerprint density at radius 3 is 1.65 bits per heavy atom. The topological polar surface area (TPSA) is 27.6 Å². The van der Waals surface area contributed by atoms with E-state index in [-0.39, 0.29) is 6.17 Å². The van der Waals surface area contributed by atoms with E-state index in [0.717, 1.165) is 39.3 Å². The van der Waals surface area contributed by atoms with Gasteiger partial charge < -0.3 is 10.2 Å². The molecule has 3 heteroatoms. The Morgan fingerprint density at radius 1 is 0.383 bits per heavy atom. The maximum absolute atomic E-state index is 5.31. The van der Waals surface area contributed by atoms with Crippen LogP contribution in [0, 0.1) is 0 Å². The molecule has 0 aromatic heterocycles. The highest BCUT2D eigenvalue weighted by Gasteiger charge is 2.51. The Morgan fingerprint density at radius 2 is 0.917 bits per heavy atom. The third kappa shape index (κ3) is 5.19. The molecule has 1 spiro atoms. The smallest absolute Gasteiger partial charge is 0.145 e. The molecule has 0 saturated carbocycles. The number of hydrogen-bond acceptors (Lipinski definition) is 3. The highest BCUT2D eigenvalue weighted by molar-refractivity contribution is 6.17. The van der Waals surface area contributed by atoms with Crippen LogP contribution in [-0.4, -0.2) is 5.71 Å². The van der Waals surface area contributed by atoms with Crippen molar-refractivity contribution < 1.29 is 0 Å². The van der Waals surface area contributed by atoms with Gasteiger partial charge in [-0.05, 0) is 110 Å². The summed E-state index contributed by atoms with van der Waals surface area (Å²) in [4.78, 5) is 7.75. The van der Waals surface area contributed by atoms with Crippen LogP contribution in [0.25, 0.3) is 33.4 Å². The van der Waals surface area contributed by atoms with Gasteiger partial charge in [0.15, 0.2) is 0 Å². The van der Waals surface area contributed by atoms with Crippen molar-refractivity contribution in [3.05, 3.63) is 263 Å². The average molecular weight is 766 g/mol. The summed E-state index contributed by atoms with van der Waals surface area (Å²) in [6, 6.07) is 81.8. The Labute approximate surface area is 350 Å². The third-order valence-electron chi connectivity index (χ3n) is 12.7. The monoisotopic (exact) mass is 765 g/mol. The lowest BCUT2D eigenvalue weighted by Gasteiger charge is -2.45. The van der Waals surface area contributed by atoms with Crippen LogP contribution in [0.3, 0.4) is 0 Å². The van der Waals surface area contributed by atoms with Crippen molar-refractivity contribution in [3.8, 4) is 33.4 Å². The van der Waals surface area contributed by atoms with Crippen molar-refractivity contribution in [2.24, 2.45) is 4.99 Å². The van der Waals surface area contributed by atoms with Gasteiger partial charge in [0.05, 0.1) is 22.5 Å². The number of aliphatic imine (C=N–C) groups is 1. The lowest BCUT2D eigenvalue weighted by molar-refractivity contribution is 0.753. The summed E-state index contributed by atoms with van der Waals surface area (Å²) in [5.74, 6) is 0. The summed E-state index contributed by atoms with van der Waals surface area (Å²) in [5.41, 5.74) is 21.0. The number of benzene rings is 9. The SMILES string of the molecule is c1ccc(C2=NC(c3cccc(-c4cccc(-c5ccc6c(c5)C5(c7ccccc7-6)c6ccccc6N(c6ccccc6)c6ccccc65)c4)c3)Nc3ccccc32)cc1. The van der Waals surface area contributed by atoms with E-state index in [1.54, 1.807) is 0 Å². The van der Waals surface area contributed by atoms with E-state index in [1.807, 2.05) is 0 Å². The van der Waals surface area contributed by atoms with Crippen LogP contribution >= 0.6 is 0 Å². The first-order valence-corrected chi connectivity index (χ1v) is 20.7. The molecule has 0 amide bonds. The summed E-state index contributed by atoms with van der Waals surface area (Å²) < 4.78 is 0. The normalized spacial score (nSPS) is 15.2. The van der Waals surface area contributed by atoms with Gasteiger partial charge in [-0.1, -0.05) is 176 Å². The minimum atomic E-state index is -0.503. The van der Waals surface area contributed by atoms with Gasteiger partial charge in [0.2, 0.25) is 0 Å². The van der Waals surface area contributed by atoms with Gasteiger partial charge in [-0.15, -0.1) is 0 Å². The molecule has 1 N–H and O–H groups in total. The fourth-order valence-electron chi connectivity index (χ4n) is 10.1.